The summed E-state index contributed by atoms with van der Waals surface area (Å²) in [6.07, 6.45) is 3.26. The summed E-state index contributed by atoms with van der Waals surface area (Å²) in [5.41, 5.74) is 6.74. The Kier molecular flexibility index (Phi) is 7.36. The zero-order valence-electron chi connectivity index (χ0n) is 18.8. The van der Waals surface area contributed by atoms with Crippen molar-refractivity contribution in [3.05, 3.63) is 41.5 Å². The largest absolute Gasteiger partial charge is 0.444 e. The normalized spacial score (nSPS) is 18.3. The van der Waals surface area contributed by atoms with E-state index in [-0.39, 0.29) is 23.5 Å². The number of benzene rings is 1. The van der Waals surface area contributed by atoms with E-state index in [1.54, 1.807) is 0 Å². The molecular weight excluding hydrogens is 406 g/mol. The topological polar surface area (TPSA) is 138 Å². The maximum atomic E-state index is 12.3. The lowest BCUT2D eigenvalue weighted by molar-refractivity contribution is 0.0488. The second-order valence-electron chi connectivity index (χ2n) is 8.90. The van der Waals surface area contributed by atoms with Crippen LogP contribution in [0.3, 0.4) is 0 Å². The van der Waals surface area contributed by atoms with Crippen LogP contribution >= 0.6 is 0 Å². The van der Waals surface area contributed by atoms with E-state index in [1.165, 1.54) is 0 Å². The van der Waals surface area contributed by atoms with Gasteiger partial charge in [-0.2, -0.15) is 15.2 Å². The molecule has 2 atom stereocenters. The van der Waals surface area contributed by atoms with Crippen LogP contribution in [0, 0.1) is 11.3 Å². The van der Waals surface area contributed by atoms with E-state index in [1.807, 2.05) is 51.1 Å². The number of aromatic nitrogens is 2. The van der Waals surface area contributed by atoms with Crippen molar-refractivity contribution >= 4 is 23.7 Å². The maximum absolute atomic E-state index is 12.3. The molecule has 0 radical (unpaired) electrons. The molecule has 1 aromatic heterocycles. The zero-order chi connectivity index (χ0) is 23.1. The summed E-state index contributed by atoms with van der Waals surface area (Å²) in [4.78, 5) is 21.1. The van der Waals surface area contributed by atoms with Crippen molar-refractivity contribution in [3.8, 4) is 6.07 Å². The minimum Gasteiger partial charge on any atom is -0.444 e. The van der Waals surface area contributed by atoms with Gasteiger partial charge in [-0.25, -0.2) is 4.79 Å². The van der Waals surface area contributed by atoms with Gasteiger partial charge in [0.2, 0.25) is 5.95 Å². The fourth-order valence-corrected chi connectivity index (χ4v) is 3.66. The van der Waals surface area contributed by atoms with Gasteiger partial charge in [0.1, 0.15) is 23.1 Å². The molecular formula is C23H31N7O2. The van der Waals surface area contributed by atoms with Crippen molar-refractivity contribution in [2.24, 2.45) is 0 Å². The molecule has 9 heteroatoms. The summed E-state index contributed by atoms with van der Waals surface area (Å²) in [5, 5.41) is 19.0. The number of hydrogen-bond donors (Lipinski definition) is 4. The summed E-state index contributed by atoms with van der Waals surface area (Å²) in [6.45, 7) is 6.00. The van der Waals surface area contributed by atoms with Gasteiger partial charge in [-0.3, -0.25) is 0 Å². The van der Waals surface area contributed by atoms with Gasteiger partial charge in [-0.05, 0) is 39.2 Å². The van der Waals surface area contributed by atoms with Crippen molar-refractivity contribution in [2.75, 3.05) is 16.4 Å². The number of amides is 1. The number of ether oxygens (including phenoxy) is 1. The molecule has 1 saturated carbocycles. The van der Waals surface area contributed by atoms with E-state index >= 15 is 0 Å². The molecule has 0 aliphatic heterocycles. The van der Waals surface area contributed by atoms with E-state index in [2.05, 4.69) is 32.0 Å². The summed E-state index contributed by atoms with van der Waals surface area (Å²) in [6, 6.07) is 11.7. The fraction of sp³-hybridized carbons (Fsp3) is 0.478. The minimum atomic E-state index is -0.564. The van der Waals surface area contributed by atoms with Crippen LogP contribution in [0.1, 0.15) is 57.6 Å². The molecule has 1 amide bonds. The standard InChI is InChI=1S/C23H31N7O2/c1-23(2,3)32-22(31)28-18-12-8-7-11-17(18)27-21-29-19(25)16(13-24)20(30-21)26-14-15-9-5-4-6-10-15/h4-6,9-10,17-18H,7-8,11-12,14H2,1-3H3,(H,28,31)(H4,25,26,27,29,30)/t17-,18+/m0/s1. The Balaban J connectivity index is 1.73. The molecule has 3 rings (SSSR count). The van der Waals surface area contributed by atoms with Crippen molar-refractivity contribution in [2.45, 2.75) is 70.7 Å². The van der Waals surface area contributed by atoms with Crippen LogP contribution in [0.25, 0.3) is 0 Å². The molecule has 1 aliphatic carbocycles. The molecule has 0 bridgehead atoms. The average molecular weight is 438 g/mol. The number of nitrogens with one attached hydrogen (secondary N) is 3. The highest BCUT2D eigenvalue weighted by Gasteiger charge is 2.29. The van der Waals surface area contributed by atoms with Crippen LogP contribution in [0.4, 0.5) is 22.4 Å². The van der Waals surface area contributed by atoms with Crippen molar-refractivity contribution < 1.29 is 9.53 Å². The number of nitrogen functional groups attached to an aromatic ring is 1. The van der Waals surface area contributed by atoms with Crippen LogP contribution in [0.2, 0.25) is 0 Å². The van der Waals surface area contributed by atoms with E-state index in [9.17, 15) is 10.1 Å². The number of carbonyl (C=O) groups is 1. The first kappa shape index (κ1) is 23.1. The molecule has 5 N–H and O–H groups in total. The van der Waals surface area contributed by atoms with Crippen molar-refractivity contribution in [1.82, 2.24) is 15.3 Å². The minimum absolute atomic E-state index is 0.0782. The van der Waals surface area contributed by atoms with Crippen LogP contribution in [0.15, 0.2) is 30.3 Å². The van der Waals surface area contributed by atoms with Crippen LogP contribution in [0.5, 0.6) is 0 Å². The second-order valence-corrected chi connectivity index (χ2v) is 8.90. The van der Waals surface area contributed by atoms with Gasteiger partial charge in [0.05, 0.1) is 6.04 Å². The lowest BCUT2D eigenvalue weighted by Crippen LogP contribution is -2.50. The lowest BCUT2D eigenvalue weighted by atomic mass is 9.90. The number of rotatable bonds is 6. The van der Waals surface area contributed by atoms with Crippen molar-refractivity contribution in [3.63, 3.8) is 0 Å². The average Bonchev–Trinajstić information content (AvgIpc) is 2.73. The number of nitrogens with zero attached hydrogens (tertiary/aromatic N) is 3. The Morgan fingerprint density at radius 1 is 1.19 bits per heavy atom. The Morgan fingerprint density at radius 3 is 2.53 bits per heavy atom. The molecule has 1 aliphatic rings. The highest BCUT2D eigenvalue weighted by atomic mass is 16.6. The van der Waals surface area contributed by atoms with Gasteiger partial charge in [0, 0.05) is 12.6 Å². The monoisotopic (exact) mass is 437 g/mol. The summed E-state index contributed by atoms with van der Waals surface area (Å²) in [7, 11) is 0. The van der Waals surface area contributed by atoms with E-state index in [0.29, 0.717) is 18.3 Å². The molecule has 0 saturated heterocycles. The Hall–Kier alpha value is -3.54. The van der Waals surface area contributed by atoms with E-state index in [0.717, 1.165) is 31.2 Å². The van der Waals surface area contributed by atoms with Gasteiger partial charge in [-0.15, -0.1) is 0 Å². The van der Waals surface area contributed by atoms with E-state index in [4.69, 9.17) is 10.5 Å². The quantitative estimate of drug-likeness (QED) is 0.535. The predicted molar refractivity (Wildman–Crippen MR) is 124 cm³/mol. The Morgan fingerprint density at radius 2 is 1.88 bits per heavy atom. The molecule has 2 aromatic rings. The zero-order valence-corrected chi connectivity index (χ0v) is 18.8. The summed E-state index contributed by atoms with van der Waals surface area (Å²) < 4.78 is 5.41. The molecule has 1 fully saturated rings. The molecule has 32 heavy (non-hydrogen) atoms. The first-order valence-corrected chi connectivity index (χ1v) is 10.9. The number of anilines is 3. The van der Waals surface area contributed by atoms with Crippen LogP contribution in [-0.4, -0.2) is 33.7 Å². The first-order chi connectivity index (χ1) is 15.2. The van der Waals surface area contributed by atoms with Gasteiger partial charge in [-0.1, -0.05) is 43.2 Å². The molecule has 0 spiro atoms. The number of carbonyl (C=O) groups excluding carboxylic acids is 1. The second kappa shape index (κ2) is 10.2. The molecule has 1 aromatic carbocycles. The number of nitrogens with two attached hydrogens (primary N) is 1. The van der Waals surface area contributed by atoms with Crippen LogP contribution < -0.4 is 21.7 Å². The molecule has 9 nitrogen and oxygen atoms in total. The van der Waals surface area contributed by atoms with Crippen LogP contribution in [-0.2, 0) is 11.3 Å². The van der Waals surface area contributed by atoms with Gasteiger partial charge < -0.3 is 26.4 Å². The molecule has 0 unspecified atom stereocenters. The lowest BCUT2D eigenvalue weighted by Gasteiger charge is -2.33. The highest BCUT2D eigenvalue weighted by Crippen LogP contribution is 2.25. The van der Waals surface area contributed by atoms with E-state index < -0.39 is 11.7 Å². The summed E-state index contributed by atoms with van der Waals surface area (Å²) >= 11 is 0. The number of nitriles is 1. The smallest absolute Gasteiger partial charge is 0.407 e. The third-order valence-electron chi connectivity index (χ3n) is 5.13. The Bertz CT molecular complexity index is 967. The molecule has 170 valence electrons. The SMILES string of the molecule is CC(C)(C)OC(=O)N[C@@H]1CCCC[C@@H]1Nc1nc(N)c(C#N)c(NCc2ccccc2)n1. The summed E-state index contributed by atoms with van der Waals surface area (Å²) in [5.74, 6) is 0.798. The highest BCUT2D eigenvalue weighted by molar-refractivity contribution is 5.68. The third kappa shape index (κ3) is 6.48. The number of alkyl carbamates (subject to hydrolysis) is 1. The molecule has 1 heterocycles. The van der Waals surface area contributed by atoms with Crippen molar-refractivity contribution in [1.29, 1.82) is 5.26 Å². The third-order valence-corrected chi connectivity index (χ3v) is 5.13. The predicted octanol–water partition coefficient (Wildman–Crippen LogP) is 3.79. The maximum Gasteiger partial charge on any atom is 0.407 e. The van der Waals surface area contributed by atoms with Gasteiger partial charge in [0.15, 0.2) is 5.82 Å². The Labute approximate surface area is 188 Å². The number of hydrogen-bond acceptors (Lipinski definition) is 8. The van der Waals surface area contributed by atoms with Gasteiger partial charge >= 0.3 is 6.09 Å². The first-order valence-electron chi connectivity index (χ1n) is 10.9. The fourth-order valence-electron chi connectivity index (χ4n) is 3.66. The van der Waals surface area contributed by atoms with Gasteiger partial charge in [0.25, 0.3) is 0 Å².